The van der Waals surface area contributed by atoms with Crippen LogP contribution in [0.25, 0.3) is 10.8 Å². The van der Waals surface area contributed by atoms with Gasteiger partial charge >= 0.3 is 0 Å². The number of ketones is 1. The van der Waals surface area contributed by atoms with E-state index in [0.717, 1.165) is 16.3 Å². The van der Waals surface area contributed by atoms with Gasteiger partial charge in [0, 0.05) is 29.8 Å². The summed E-state index contributed by atoms with van der Waals surface area (Å²) in [6.45, 7) is 0. The van der Waals surface area contributed by atoms with Crippen molar-refractivity contribution in [3.8, 4) is 0 Å². The van der Waals surface area contributed by atoms with Crippen LogP contribution in [0.3, 0.4) is 0 Å². The largest absolute Gasteiger partial charge is 0.294 e. The Balaban J connectivity index is 1.81. The molecule has 2 heteroatoms. The number of benzene rings is 1. The van der Waals surface area contributed by atoms with Crippen LogP contribution < -0.4 is 0 Å². The molecule has 0 spiro atoms. The summed E-state index contributed by atoms with van der Waals surface area (Å²) in [5.74, 6) is 0.868. The van der Waals surface area contributed by atoms with Gasteiger partial charge in [0.15, 0.2) is 5.78 Å². The SMILES string of the molecule is O=C(CC1CCCCCC1)c1cccc2ccncc12. The van der Waals surface area contributed by atoms with Crippen LogP contribution in [0.2, 0.25) is 0 Å². The van der Waals surface area contributed by atoms with Crippen LogP contribution >= 0.6 is 0 Å². The fourth-order valence-corrected chi connectivity index (χ4v) is 3.30. The van der Waals surface area contributed by atoms with E-state index in [2.05, 4.69) is 4.98 Å². The van der Waals surface area contributed by atoms with Gasteiger partial charge in [0.05, 0.1) is 0 Å². The van der Waals surface area contributed by atoms with Gasteiger partial charge in [-0.25, -0.2) is 0 Å². The van der Waals surface area contributed by atoms with E-state index in [1.54, 1.807) is 6.20 Å². The van der Waals surface area contributed by atoms with Gasteiger partial charge in [-0.15, -0.1) is 0 Å². The van der Waals surface area contributed by atoms with E-state index < -0.39 is 0 Å². The van der Waals surface area contributed by atoms with Gasteiger partial charge in [0.25, 0.3) is 0 Å². The number of aromatic nitrogens is 1. The van der Waals surface area contributed by atoms with Crippen molar-refractivity contribution < 1.29 is 4.79 Å². The van der Waals surface area contributed by atoms with Crippen molar-refractivity contribution in [1.29, 1.82) is 0 Å². The van der Waals surface area contributed by atoms with E-state index in [9.17, 15) is 4.79 Å². The van der Waals surface area contributed by atoms with Crippen LogP contribution in [-0.2, 0) is 0 Å². The molecule has 0 amide bonds. The number of hydrogen-bond acceptors (Lipinski definition) is 2. The molecule has 0 N–H and O–H groups in total. The Morgan fingerprint density at radius 2 is 1.90 bits per heavy atom. The van der Waals surface area contributed by atoms with Crippen LogP contribution in [-0.4, -0.2) is 10.8 Å². The molecule has 104 valence electrons. The first-order valence-corrected chi connectivity index (χ1v) is 7.70. The molecule has 1 heterocycles. The quantitative estimate of drug-likeness (QED) is 0.592. The molecule has 1 aromatic carbocycles. The highest BCUT2D eigenvalue weighted by atomic mass is 16.1. The molecular weight excluding hydrogens is 246 g/mol. The molecule has 1 saturated carbocycles. The highest BCUT2D eigenvalue weighted by Crippen LogP contribution is 2.28. The van der Waals surface area contributed by atoms with Gasteiger partial charge in [-0.1, -0.05) is 56.7 Å². The van der Waals surface area contributed by atoms with Crippen LogP contribution in [0.5, 0.6) is 0 Å². The third-order valence-corrected chi connectivity index (χ3v) is 4.43. The Labute approximate surface area is 120 Å². The predicted molar refractivity (Wildman–Crippen MR) is 81.9 cm³/mol. The number of rotatable bonds is 3. The Kier molecular flexibility index (Phi) is 4.10. The summed E-state index contributed by atoms with van der Waals surface area (Å²) in [4.78, 5) is 16.8. The van der Waals surface area contributed by atoms with E-state index in [4.69, 9.17) is 0 Å². The average molecular weight is 267 g/mol. The summed E-state index contributed by atoms with van der Waals surface area (Å²) in [7, 11) is 0. The number of carbonyl (C=O) groups excluding carboxylic acids is 1. The minimum atomic E-state index is 0.288. The first-order valence-electron chi connectivity index (χ1n) is 7.70. The molecular formula is C18H21NO. The lowest BCUT2D eigenvalue weighted by molar-refractivity contribution is 0.0958. The molecule has 1 aromatic heterocycles. The lowest BCUT2D eigenvalue weighted by atomic mass is 9.91. The zero-order valence-electron chi connectivity index (χ0n) is 11.8. The standard InChI is InChI=1S/C18H21NO/c20-18(12-14-6-3-1-2-4-7-14)16-9-5-8-15-10-11-19-13-17(15)16/h5,8-11,13-14H,1-4,6-7,12H2. The monoisotopic (exact) mass is 267 g/mol. The van der Waals surface area contributed by atoms with Gasteiger partial charge in [-0.2, -0.15) is 0 Å². The smallest absolute Gasteiger partial charge is 0.163 e. The topological polar surface area (TPSA) is 30.0 Å². The first kappa shape index (κ1) is 13.3. The van der Waals surface area contributed by atoms with Crippen molar-refractivity contribution in [2.75, 3.05) is 0 Å². The highest BCUT2D eigenvalue weighted by Gasteiger charge is 2.18. The van der Waals surface area contributed by atoms with Gasteiger partial charge in [-0.3, -0.25) is 9.78 Å². The Morgan fingerprint density at radius 1 is 1.10 bits per heavy atom. The molecule has 1 aliphatic carbocycles. The zero-order valence-corrected chi connectivity index (χ0v) is 11.8. The van der Waals surface area contributed by atoms with E-state index in [1.807, 2.05) is 30.5 Å². The molecule has 1 aliphatic rings. The van der Waals surface area contributed by atoms with Crippen molar-refractivity contribution >= 4 is 16.6 Å². The van der Waals surface area contributed by atoms with Crippen molar-refractivity contribution in [2.24, 2.45) is 5.92 Å². The number of pyridine rings is 1. The summed E-state index contributed by atoms with van der Waals surface area (Å²) in [5.41, 5.74) is 0.847. The van der Waals surface area contributed by atoms with E-state index >= 15 is 0 Å². The number of nitrogens with zero attached hydrogens (tertiary/aromatic N) is 1. The average Bonchev–Trinajstić information content (AvgIpc) is 2.75. The third kappa shape index (κ3) is 2.90. The molecule has 0 atom stereocenters. The predicted octanol–water partition coefficient (Wildman–Crippen LogP) is 4.78. The Bertz CT molecular complexity index is 592. The van der Waals surface area contributed by atoms with Gasteiger partial charge in [-0.05, 0) is 17.4 Å². The van der Waals surface area contributed by atoms with Crippen molar-refractivity contribution in [3.05, 3.63) is 42.2 Å². The normalized spacial score (nSPS) is 17.0. The number of fused-ring (bicyclic) bond motifs is 1. The second-order valence-corrected chi connectivity index (χ2v) is 5.89. The first-order chi connectivity index (χ1) is 9.84. The molecule has 1 fully saturated rings. The van der Waals surface area contributed by atoms with Gasteiger partial charge < -0.3 is 0 Å². The summed E-state index contributed by atoms with van der Waals surface area (Å²) in [6, 6.07) is 7.93. The third-order valence-electron chi connectivity index (χ3n) is 4.43. The van der Waals surface area contributed by atoms with Crippen molar-refractivity contribution in [3.63, 3.8) is 0 Å². The van der Waals surface area contributed by atoms with Crippen LogP contribution in [0.4, 0.5) is 0 Å². The molecule has 2 aromatic rings. The van der Waals surface area contributed by atoms with Crippen LogP contribution in [0, 0.1) is 5.92 Å². The van der Waals surface area contributed by atoms with Crippen LogP contribution in [0.1, 0.15) is 55.3 Å². The number of hydrogen-bond donors (Lipinski definition) is 0. The van der Waals surface area contributed by atoms with Gasteiger partial charge in [0.1, 0.15) is 0 Å². The summed E-state index contributed by atoms with van der Waals surface area (Å²) < 4.78 is 0. The van der Waals surface area contributed by atoms with E-state index in [-0.39, 0.29) is 5.78 Å². The zero-order chi connectivity index (χ0) is 13.8. The fourth-order valence-electron chi connectivity index (χ4n) is 3.30. The minimum absolute atomic E-state index is 0.288. The maximum absolute atomic E-state index is 12.6. The van der Waals surface area contributed by atoms with Crippen molar-refractivity contribution in [2.45, 2.75) is 44.9 Å². The Hall–Kier alpha value is -1.70. The van der Waals surface area contributed by atoms with Gasteiger partial charge in [0.2, 0.25) is 0 Å². The lowest BCUT2D eigenvalue weighted by Gasteiger charge is -2.13. The number of Topliss-reactive ketones (excluding diaryl/α,β-unsaturated/α-hetero) is 1. The maximum atomic E-state index is 12.6. The fraction of sp³-hybridized carbons (Fsp3) is 0.444. The molecule has 0 aliphatic heterocycles. The lowest BCUT2D eigenvalue weighted by Crippen LogP contribution is -2.09. The second-order valence-electron chi connectivity index (χ2n) is 5.89. The highest BCUT2D eigenvalue weighted by molar-refractivity contribution is 6.07. The van der Waals surface area contributed by atoms with E-state index in [0.29, 0.717) is 12.3 Å². The molecule has 0 radical (unpaired) electrons. The molecule has 0 saturated heterocycles. The second kappa shape index (κ2) is 6.17. The van der Waals surface area contributed by atoms with E-state index in [1.165, 1.54) is 38.5 Å². The molecule has 0 bridgehead atoms. The Morgan fingerprint density at radius 3 is 2.70 bits per heavy atom. The van der Waals surface area contributed by atoms with Crippen LogP contribution in [0.15, 0.2) is 36.7 Å². The minimum Gasteiger partial charge on any atom is -0.294 e. The number of carbonyl (C=O) groups is 1. The maximum Gasteiger partial charge on any atom is 0.163 e. The summed E-state index contributed by atoms with van der Waals surface area (Å²) in [6.07, 6.45) is 12.0. The molecule has 2 nitrogen and oxygen atoms in total. The summed E-state index contributed by atoms with van der Waals surface area (Å²) in [5, 5.41) is 2.10. The summed E-state index contributed by atoms with van der Waals surface area (Å²) >= 11 is 0. The molecule has 0 unspecified atom stereocenters. The van der Waals surface area contributed by atoms with Crippen molar-refractivity contribution in [1.82, 2.24) is 4.98 Å². The molecule has 20 heavy (non-hydrogen) atoms. The molecule has 3 rings (SSSR count).